The lowest BCUT2D eigenvalue weighted by molar-refractivity contribution is 0.00725. The van der Waals surface area contributed by atoms with E-state index < -0.39 is 0 Å². The maximum atomic E-state index is 11.3. The van der Waals surface area contributed by atoms with Gasteiger partial charge in [-0.15, -0.1) is 11.3 Å². The molecular formula is C29H40O2S. The molecule has 1 aromatic carbocycles. The lowest BCUT2D eigenvalue weighted by Crippen LogP contribution is -2.45. The molecule has 1 aliphatic carbocycles. The Balaban J connectivity index is 1.62. The summed E-state index contributed by atoms with van der Waals surface area (Å²) in [7, 11) is 0. The van der Waals surface area contributed by atoms with Gasteiger partial charge in [0.05, 0.1) is 0 Å². The molecule has 2 aromatic rings. The third-order valence-electron chi connectivity index (χ3n) is 7.80. The zero-order valence-corrected chi connectivity index (χ0v) is 21.4. The predicted octanol–water partition coefficient (Wildman–Crippen LogP) is 8.54. The molecule has 0 saturated heterocycles. The van der Waals surface area contributed by atoms with E-state index in [2.05, 4.69) is 64.3 Å². The Bertz CT molecular complexity index is 952. The van der Waals surface area contributed by atoms with Crippen LogP contribution in [0.2, 0.25) is 0 Å². The molecule has 0 amide bonds. The largest absolute Gasteiger partial charge is 0.508 e. The van der Waals surface area contributed by atoms with Crippen molar-refractivity contribution in [3.63, 3.8) is 0 Å². The molecule has 2 atom stereocenters. The van der Waals surface area contributed by atoms with Gasteiger partial charge < -0.3 is 9.84 Å². The van der Waals surface area contributed by atoms with Crippen LogP contribution in [0.3, 0.4) is 0 Å². The van der Waals surface area contributed by atoms with Crippen LogP contribution in [0.1, 0.15) is 101 Å². The molecule has 1 N–H and O–H groups in total. The summed E-state index contributed by atoms with van der Waals surface area (Å²) >= 11 is 1.83. The van der Waals surface area contributed by atoms with E-state index in [0.717, 1.165) is 37.0 Å². The Kier molecular flexibility index (Phi) is 6.77. The van der Waals surface area contributed by atoms with Gasteiger partial charge in [0, 0.05) is 28.7 Å². The monoisotopic (exact) mass is 452 g/mol. The number of rotatable bonds is 8. The van der Waals surface area contributed by atoms with Crippen molar-refractivity contribution in [3.8, 4) is 11.5 Å². The summed E-state index contributed by atoms with van der Waals surface area (Å²) in [6.07, 6.45) is 11.7. The summed E-state index contributed by atoms with van der Waals surface area (Å²) < 4.78 is 6.60. The molecule has 32 heavy (non-hydrogen) atoms. The van der Waals surface area contributed by atoms with Crippen LogP contribution in [-0.2, 0) is 11.8 Å². The standard InChI is InChI=1S/C29H40O2S/c1-6-7-8-9-14-28(2,3)21-18-25(30)27-23-17-20(16-22-11-10-15-32-22)12-13-24(23)29(4,5)31-26(27)19-21/h10-12,15,18-19,23-24,30H,6-9,13-14,16-17H2,1-5H3. The highest BCUT2D eigenvalue weighted by Gasteiger charge is 2.46. The second kappa shape index (κ2) is 9.25. The van der Waals surface area contributed by atoms with Gasteiger partial charge in [0.2, 0.25) is 0 Å². The van der Waals surface area contributed by atoms with Gasteiger partial charge in [-0.1, -0.05) is 64.2 Å². The van der Waals surface area contributed by atoms with Crippen molar-refractivity contribution >= 4 is 11.3 Å². The molecule has 1 aliphatic heterocycles. The first-order chi connectivity index (χ1) is 15.2. The summed E-state index contributed by atoms with van der Waals surface area (Å²) in [5, 5.41) is 13.4. The second-order valence-corrected chi connectivity index (χ2v) is 12.1. The van der Waals surface area contributed by atoms with E-state index in [0.29, 0.717) is 17.6 Å². The SMILES string of the molecule is CCCCCCC(C)(C)c1cc(O)c2c(c1)OC(C)(C)C1CC=C(Cc3cccs3)CC21. The molecule has 3 heteroatoms. The van der Waals surface area contributed by atoms with E-state index in [1.807, 2.05) is 17.4 Å². The van der Waals surface area contributed by atoms with Gasteiger partial charge >= 0.3 is 0 Å². The number of unbranched alkanes of at least 4 members (excludes halogenated alkanes) is 3. The van der Waals surface area contributed by atoms with Crippen molar-refractivity contribution in [1.82, 2.24) is 0 Å². The Morgan fingerprint density at radius 3 is 2.72 bits per heavy atom. The number of allylic oxidation sites excluding steroid dienone is 2. The zero-order valence-electron chi connectivity index (χ0n) is 20.5. The van der Waals surface area contributed by atoms with Crippen LogP contribution in [-0.4, -0.2) is 10.7 Å². The minimum Gasteiger partial charge on any atom is -0.508 e. The molecule has 2 unspecified atom stereocenters. The number of thiophene rings is 1. The maximum Gasteiger partial charge on any atom is 0.127 e. The van der Waals surface area contributed by atoms with Crippen molar-refractivity contribution in [3.05, 3.63) is 57.3 Å². The number of phenolic OH excluding ortho intramolecular Hbond substituents is 1. The number of hydrogen-bond donors (Lipinski definition) is 1. The van der Waals surface area contributed by atoms with Gasteiger partial charge in [0.25, 0.3) is 0 Å². The number of phenols is 1. The molecule has 0 spiro atoms. The smallest absolute Gasteiger partial charge is 0.127 e. The number of fused-ring (bicyclic) bond motifs is 3. The predicted molar refractivity (Wildman–Crippen MR) is 136 cm³/mol. The van der Waals surface area contributed by atoms with Gasteiger partial charge in [0.15, 0.2) is 0 Å². The third kappa shape index (κ3) is 4.78. The average Bonchev–Trinajstić information content (AvgIpc) is 3.23. The molecule has 174 valence electrons. The van der Waals surface area contributed by atoms with E-state index in [1.165, 1.54) is 41.7 Å². The highest BCUT2D eigenvalue weighted by molar-refractivity contribution is 7.09. The maximum absolute atomic E-state index is 11.3. The van der Waals surface area contributed by atoms with Gasteiger partial charge in [-0.25, -0.2) is 0 Å². The highest BCUT2D eigenvalue weighted by atomic mass is 32.1. The summed E-state index contributed by atoms with van der Waals surface area (Å²) in [4.78, 5) is 1.42. The summed E-state index contributed by atoms with van der Waals surface area (Å²) in [6.45, 7) is 11.3. The minimum absolute atomic E-state index is 0.0292. The number of aromatic hydroxyl groups is 1. The van der Waals surface area contributed by atoms with Crippen molar-refractivity contribution in [2.24, 2.45) is 5.92 Å². The third-order valence-corrected chi connectivity index (χ3v) is 8.68. The van der Waals surface area contributed by atoms with Crippen molar-refractivity contribution in [2.45, 2.75) is 103 Å². The van der Waals surface area contributed by atoms with Gasteiger partial charge in [0.1, 0.15) is 17.1 Å². The van der Waals surface area contributed by atoms with E-state index in [4.69, 9.17) is 4.74 Å². The highest BCUT2D eigenvalue weighted by Crippen LogP contribution is 2.55. The van der Waals surface area contributed by atoms with Gasteiger partial charge in [-0.2, -0.15) is 0 Å². The molecule has 0 fully saturated rings. The Hall–Kier alpha value is -1.74. The second-order valence-electron chi connectivity index (χ2n) is 11.1. The van der Waals surface area contributed by atoms with Crippen LogP contribution in [0.4, 0.5) is 0 Å². The average molecular weight is 453 g/mol. The van der Waals surface area contributed by atoms with Crippen molar-refractivity contribution in [1.29, 1.82) is 0 Å². The molecule has 2 nitrogen and oxygen atoms in total. The molecule has 2 aliphatic rings. The summed E-state index contributed by atoms with van der Waals surface area (Å²) in [5.74, 6) is 2.04. The minimum atomic E-state index is -0.237. The fraction of sp³-hybridized carbons (Fsp3) is 0.586. The molecular weight excluding hydrogens is 412 g/mol. The van der Waals surface area contributed by atoms with Crippen molar-refractivity contribution < 1.29 is 9.84 Å². The lowest BCUT2D eigenvalue weighted by Gasteiger charge is -2.47. The van der Waals surface area contributed by atoms with Crippen LogP contribution >= 0.6 is 11.3 Å². The van der Waals surface area contributed by atoms with Crippen LogP contribution in [0.25, 0.3) is 0 Å². The molecule has 1 aromatic heterocycles. The Morgan fingerprint density at radius 1 is 1.19 bits per heavy atom. The van der Waals surface area contributed by atoms with E-state index in [-0.39, 0.29) is 11.0 Å². The first-order valence-corrected chi connectivity index (χ1v) is 13.4. The van der Waals surface area contributed by atoms with E-state index >= 15 is 0 Å². The summed E-state index contributed by atoms with van der Waals surface area (Å²) in [5.41, 5.74) is 3.53. The van der Waals surface area contributed by atoms with Crippen LogP contribution in [0.15, 0.2) is 41.3 Å². The number of benzene rings is 1. The van der Waals surface area contributed by atoms with E-state index in [1.54, 1.807) is 0 Å². The molecule has 0 bridgehead atoms. The lowest BCUT2D eigenvalue weighted by atomic mass is 9.66. The Labute approximate surface area is 198 Å². The molecule has 0 saturated carbocycles. The Morgan fingerprint density at radius 2 is 2.00 bits per heavy atom. The van der Waals surface area contributed by atoms with Gasteiger partial charge in [-0.05, 0) is 67.7 Å². The van der Waals surface area contributed by atoms with Crippen molar-refractivity contribution in [2.75, 3.05) is 0 Å². The van der Waals surface area contributed by atoms with Crippen LogP contribution in [0.5, 0.6) is 11.5 Å². The molecule has 0 radical (unpaired) electrons. The number of ether oxygens (including phenoxy) is 1. The first-order valence-electron chi connectivity index (χ1n) is 12.5. The zero-order chi connectivity index (χ0) is 22.9. The topological polar surface area (TPSA) is 29.5 Å². The van der Waals surface area contributed by atoms with E-state index in [9.17, 15) is 5.11 Å². The molecule has 4 rings (SSSR count). The first kappa shape index (κ1) is 23.4. The fourth-order valence-corrected chi connectivity index (χ4v) is 6.53. The quantitative estimate of drug-likeness (QED) is 0.321. The van der Waals surface area contributed by atoms with Crippen LogP contribution < -0.4 is 4.74 Å². The summed E-state index contributed by atoms with van der Waals surface area (Å²) in [6, 6.07) is 8.64. The normalized spacial score (nSPS) is 22.0. The van der Waals surface area contributed by atoms with Crippen LogP contribution in [0, 0.1) is 5.92 Å². The number of hydrogen-bond acceptors (Lipinski definition) is 3. The van der Waals surface area contributed by atoms with Gasteiger partial charge in [-0.3, -0.25) is 0 Å². The molecule has 2 heterocycles. The fourth-order valence-electron chi connectivity index (χ4n) is 5.78.